The Labute approximate surface area is 120 Å². The number of aryl methyl sites for hydroxylation is 2. The van der Waals surface area contributed by atoms with Crippen molar-refractivity contribution < 1.29 is 0 Å². The normalized spacial score (nSPS) is 21.6. The Morgan fingerprint density at radius 2 is 2.30 bits per heavy atom. The summed E-state index contributed by atoms with van der Waals surface area (Å²) in [6, 6.07) is 4.41. The molecule has 106 valence electrons. The molecular formula is C16H22N4. The van der Waals surface area contributed by atoms with Crippen LogP contribution in [0.5, 0.6) is 0 Å². The summed E-state index contributed by atoms with van der Waals surface area (Å²) in [6.07, 6.45) is 6.81. The highest BCUT2D eigenvalue weighted by Crippen LogP contribution is 2.30. The van der Waals surface area contributed by atoms with Crippen LogP contribution < -0.4 is 10.6 Å². The van der Waals surface area contributed by atoms with E-state index >= 15 is 0 Å². The van der Waals surface area contributed by atoms with Gasteiger partial charge in [0.05, 0.1) is 5.56 Å². The number of nitriles is 1. The third kappa shape index (κ3) is 2.51. The zero-order valence-electron chi connectivity index (χ0n) is 11.9. The van der Waals surface area contributed by atoms with Gasteiger partial charge in [-0.3, -0.25) is 0 Å². The molecular weight excluding hydrogens is 248 g/mol. The first-order valence-electron chi connectivity index (χ1n) is 7.69. The van der Waals surface area contributed by atoms with E-state index in [0.29, 0.717) is 5.92 Å². The maximum Gasteiger partial charge on any atom is 0.146 e. The van der Waals surface area contributed by atoms with Gasteiger partial charge >= 0.3 is 0 Å². The van der Waals surface area contributed by atoms with Crippen molar-refractivity contribution in [2.75, 3.05) is 24.5 Å². The molecule has 0 radical (unpaired) electrons. The van der Waals surface area contributed by atoms with E-state index in [-0.39, 0.29) is 0 Å². The van der Waals surface area contributed by atoms with Gasteiger partial charge in [-0.25, -0.2) is 4.98 Å². The standard InChI is InChI=1S/C16H22N4/c17-7-6-12-3-2-8-20(11-12)16-14(10-18)9-13-4-1-5-15(13)19-16/h9,12H,1-8,11,17H2. The van der Waals surface area contributed by atoms with Crippen molar-refractivity contribution in [3.05, 3.63) is 22.9 Å². The molecule has 1 unspecified atom stereocenters. The lowest BCUT2D eigenvalue weighted by molar-refractivity contribution is 0.394. The van der Waals surface area contributed by atoms with E-state index in [1.165, 1.54) is 30.5 Å². The van der Waals surface area contributed by atoms with Gasteiger partial charge < -0.3 is 10.6 Å². The van der Waals surface area contributed by atoms with Gasteiger partial charge in [-0.1, -0.05) is 0 Å². The van der Waals surface area contributed by atoms with Crippen LogP contribution in [0.2, 0.25) is 0 Å². The molecule has 2 N–H and O–H groups in total. The lowest BCUT2D eigenvalue weighted by atomic mass is 9.94. The Kier molecular flexibility index (Phi) is 3.88. The number of rotatable bonds is 3. The van der Waals surface area contributed by atoms with E-state index in [1.54, 1.807) is 0 Å². The van der Waals surface area contributed by atoms with Gasteiger partial charge in [-0.15, -0.1) is 0 Å². The average Bonchev–Trinajstić information content (AvgIpc) is 2.93. The van der Waals surface area contributed by atoms with Crippen LogP contribution in [0.4, 0.5) is 5.82 Å². The first kappa shape index (κ1) is 13.4. The van der Waals surface area contributed by atoms with Crippen LogP contribution >= 0.6 is 0 Å². The Bertz CT molecular complexity index is 530. The predicted molar refractivity (Wildman–Crippen MR) is 79.6 cm³/mol. The molecule has 1 aromatic heterocycles. The molecule has 4 nitrogen and oxygen atoms in total. The lowest BCUT2D eigenvalue weighted by Crippen LogP contribution is -2.37. The molecule has 2 heterocycles. The zero-order chi connectivity index (χ0) is 13.9. The monoisotopic (exact) mass is 270 g/mol. The SMILES string of the molecule is N#Cc1cc2c(nc1N1CCCC(CCN)C1)CCC2. The highest BCUT2D eigenvalue weighted by Gasteiger charge is 2.24. The average molecular weight is 270 g/mol. The molecule has 0 aromatic carbocycles. The summed E-state index contributed by atoms with van der Waals surface area (Å²) in [5, 5.41) is 9.41. The van der Waals surface area contributed by atoms with E-state index in [1.807, 2.05) is 0 Å². The Morgan fingerprint density at radius 3 is 3.10 bits per heavy atom. The molecule has 2 aliphatic rings. The van der Waals surface area contributed by atoms with E-state index in [9.17, 15) is 5.26 Å². The second kappa shape index (κ2) is 5.80. The minimum absolute atomic E-state index is 0.648. The van der Waals surface area contributed by atoms with Gasteiger partial charge in [-0.05, 0) is 62.6 Å². The number of piperidine rings is 1. The fourth-order valence-electron chi connectivity index (χ4n) is 3.51. The van der Waals surface area contributed by atoms with Crippen molar-refractivity contribution in [1.82, 2.24) is 4.98 Å². The van der Waals surface area contributed by atoms with E-state index in [0.717, 1.165) is 50.3 Å². The van der Waals surface area contributed by atoms with Crippen LogP contribution in [-0.4, -0.2) is 24.6 Å². The second-order valence-corrected chi connectivity index (χ2v) is 5.96. The van der Waals surface area contributed by atoms with E-state index in [4.69, 9.17) is 10.7 Å². The molecule has 1 fully saturated rings. The van der Waals surface area contributed by atoms with Crippen molar-refractivity contribution >= 4 is 5.82 Å². The Hall–Kier alpha value is -1.60. The number of anilines is 1. The van der Waals surface area contributed by atoms with Crippen molar-refractivity contribution in [3.8, 4) is 6.07 Å². The van der Waals surface area contributed by atoms with Crippen LogP contribution in [0, 0.1) is 17.2 Å². The lowest BCUT2D eigenvalue weighted by Gasteiger charge is -2.34. The van der Waals surface area contributed by atoms with Crippen LogP contribution in [0.3, 0.4) is 0 Å². The number of pyridine rings is 1. The largest absolute Gasteiger partial charge is 0.355 e. The summed E-state index contributed by atoms with van der Waals surface area (Å²) >= 11 is 0. The number of nitrogens with two attached hydrogens (primary N) is 1. The summed E-state index contributed by atoms with van der Waals surface area (Å²) in [6.45, 7) is 2.76. The first-order chi connectivity index (χ1) is 9.81. The van der Waals surface area contributed by atoms with Crippen molar-refractivity contribution in [2.45, 2.75) is 38.5 Å². The minimum atomic E-state index is 0.648. The molecule has 3 rings (SSSR count). The van der Waals surface area contributed by atoms with Crippen LogP contribution in [0.1, 0.15) is 42.5 Å². The van der Waals surface area contributed by atoms with E-state index in [2.05, 4.69) is 17.0 Å². The Balaban J connectivity index is 1.87. The number of aromatic nitrogens is 1. The third-order valence-electron chi connectivity index (χ3n) is 4.54. The molecule has 0 amide bonds. The molecule has 0 saturated carbocycles. The van der Waals surface area contributed by atoms with Gasteiger partial charge in [-0.2, -0.15) is 5.26 Å². The zero-order valence-corrected chi connectivity index (χ0v) is 11.9. The van der Waals surface area contributed by atoms with Crippen molar-refractivity contribution in [3.63, 3.8) is 0 Å². The Morgan fingerprint density at radius 1 is 1.40 bits per heavy atom. The van der Waals surface area contributed by atoms with Crippen LogP contribution in [0.25, 0.3) is 0 Å². The molecule has 0 bridgehead atoms. The van der Waals surface area contributed by atoms with Gasteiger partial charge in [0.15, 0.2) is 0 Å². The number of fused-ring (bicyclic) bond motifs is 1. The minimum Gasteiger partial charge on any atom is -0.355 e. The van der Waals surface area contributed by atoms with Gasteiger partial charge in [0.1, 0.15) is 11.9 Å². The molecule has 1 aliphatic carbocycles. The van der Waals surface area contributed by atoms with Gasteiger partial charge in [0.25, 0.3) is 0 Å². The molecule has 1 atom stereocenters. The highest BCUT2D eigenvalue weighted by molar-refractivity contribution is 5.57. The predicted octanol–water partition coefficient (Wildman–Crippen LogP) is 2.01. The molecule has 4 heteroatoms. The molecule has 0 spiro atoms. The first-order valence-corrected chi connectivity index (χ1v) is 7.69. The van der Waals surface area contributed by atoms with Gasteiger partial charge in [0.2, 0.25) is 0 Å². The number of nitrogens with zero attached hydrogens (tertiary/aromatic N) is 3. The number of hydrogen-bond donors (Lipinski definition) is 1. The third-order valence-corrected chi connectivity index (χ3v) is 4.54. The molecule has 1 aliphatic heterocycles. The molecule has 1 aromatic rings. The maximum absolute atomic E-state index is 9.41. The van der Waals surface area contributed by atoms with Gasteiger partial charge in [0, 0.05) is 18.8 Å². The summed E-state index contributed by atoms with van der Waals surface area (Å²) < 4.78 is 0. The number of hydrogen-bond acceptors (Lipinski definition) is 4. The maximum atomic E-state index is 9.41. The molecule has 20 heavy (non-hydrogen) atoms. The van der Waals surface area contributed by atoms with Crippen LogP contribution in [-0.2, 0) is 12.8 Å². The summed E-state index contributed by atoms with van der Waals surface area (Å²) in [7, 11) is 0. The highest BCUT2D eigenvalue weighted by atomic mass is 15.2. The summed E-state index contributed by atoms with van der Waals surface area (Å²) in [4.78, 5) is 7.12. The topological polar surface area (TPSA) is 65.9 Å². The van der Waals surface area contributed by atoms with E-state index < -0.39 is 0 Å². The summed E-state index contributed by atoms with van der Waals surface area (Å²) in [5.74, 6) is 1.56. The second-order valence-electron chi connectivity index (χ2n) is 5.96. The fourth-order valence-corrected chi connectivity index (χ4v) is 3.51. The molecule has 1 saturated heterocycles. The quantitative estimate of drug-likeness (QED) is 0.912. The van der Waals surface area contributed by atoms with Crippen LogP contribution in [0.15, 0.2) is 6.07 Å². The van der Waals surface area contributed by atoms with Crippen molar-refractivity contribution in [2.24, 2.45) is 11.7 Å². The summed E-state index contributed by atoms with van der Waals surface area (Å²) in [5.41, 5.74) is 8.92. The smallest absolute Gasteiger partial charge is 0.146 e. The van der Waals surface area contributed by atoms with Crippen molar-refractivity contribution in [1.29, 1.82) is 5.26 Å². The fraction of sp³-hybridized carbons (Fsp3) is 0.625.